The number of likely N-dealkylation sites (tertiary alicyclic amines) is 1. The fraction of sp³-hybridized carbons (Fsp3) is 0.769. The molecule has 2 fully saturated rings. The van der Waals surface area contributed by atoms with Gasteiger partial charge in [-0.05, 0) is 32.2 Å². The van der Waals surface area contributed by atoms with Gasteiger partial charge in [0, 0.05) is 13.1 Å². The van der Waals surface area contributed by atoms with Gasteiger partial charge in [0.05, 0.1) is 12.1 Å². The second-order valence-electron chi connectivity index (χ2n) is 5.46. The first-order valence-corrected chi connectivity index (χ1v) is 7.21. The zero-order chi connectivity index (χ0) is 13.1. The molecule has 3 heterocycles. The van der Waals surface area contributed by atoms with E-state index >= 15 is 0 Å². The van der Waals surface area contributed by atoms with Gasteiger partial charge in [-0.15, -0.1) is 0 Å². The summed E-state index contributed by atoms with van der Waals surface area (Å²) < 4.78 is 1.88. The van der Waals surface area contributed by atoms with Crippen molar-refractivity contribution in [1.29, 1.82) is 0 Å². The zero-order valence-electron chi connectivity index (χ0n) is 11.2. The highest BCUT2D eigenvalue weighted by atomic mass is 16.2. The third-order valence-electron chi connectivity index (χ3n) is 4.13. The number of carbonyl (C=O) groups excluding carboxylic acids is 1. The number of rotatable bonds is 2. The highest BCUT2D eigenvalue weighted by Crippen LogP contribution is 2.22. The van der Waals surface area contributed by atoms with Crippen molar-refractivity contribution in [1.82, 2.24) is 25.0 Å². The van der Waals surface area contributed by atoms with Crippen LogP contribution in [0.15, 0.2) is 12.7 Å². The predicted octanol–water partition coefficient (Wildman–Crippen LogP) is 0.584. The summed E-state index contributed by atoms with van der Waals surface area (Å²) >= 11 is 0. The van der Waals surface area contributed by atoms with Gasteiger partial charge in [-0.25, -0.2) is 9.67 Å². The summed E-state index contributed by atoms with van der Waals surface area (Å²) in [6.45, 7) is 2.61. The van der Waals surface area contributed by atoms with Crippen molar-refractivity contribution in [2.24, 2.45) is 0 Å². The van der Waals surface area contributed by atoms with E-state index in [1.165, 1.54) is 6.42 Å². The quantitative estimate of drug-likeness (QED) is 0.848. The number of aromatic nitrogens is 3. The standard InChI is InChI=1S/C13H21N5O/c19-13(12-5-1-2-6-15-12)17-7-3-4-11(8-17)18-10-14-9-16-18/h9-12,15H,1-8H2. The minimum Gasteiger partial charge on any atom is -0.339 e. The van der Waals surface area contributed by atoms with Crippen LogP contribution in [-0.2, 0) is 4.79 Å². The maximum Gasteiger partial charge on any atom is 0.239 e. The lowest BCUT2D eigenvalue weighted by Crippen LogP contribution is -2.51. The number of piperidine rings is 2. The molecule has 1 N–H and O–H groups in total. The van der Waals surface area contributed by atoms with Crippen LogP contribution in [0.25, 0.3) is 0 Å². The molecule has 2 saturated heterocycles. The van der Waals surface area contributed by atoms with Gasteiger partial charge in [-0.3, -0.25) is 4.79 Å². The Hall–Kier alpha value is -1.43. The first-order chi connectivity index (χ1) is 9.34. The van der Waals surface area contributed by atoms with E-state index in [-0.39, 0.29) is 18.0 Å². The average molecular weight is 263 g/mol. The first-order valence-electron chi connectivity index (χ1n) is 7.21. The van der Waals surface area contributed by atoms with Gasteiger partial charge in [0.25, 0.3) is 0 Å². The van der Waals surface area contributed by atoms with Crippen LogP contribution in [0.4, 0.5) is 0 Å². The Morgan fingerprint density at radius 1 is 1.26 bits per heavy atom. The third kappa shape index (κ3) is 2.78. The van der Waals surface area contributed by atoms with Crippen LogP contribution in [0.1, 0.15) is 38.1 Å². The maximum absolute atomic E-state index is 12.5. The number of amides is 1. The third-order valence-corrected chi connectivity index (χ3v) is 4.13. The van der Waals surface area contributed by atoms with Crippen LogP contribution >= 0.6 is 0 Å². The van der Waals surface area contributed by atoms with Crippen LogP contribution < -0.4 is 5.32 Å². The topological polar surface area (TPSA) is 63.1 Å². The average Bonchev–Trinajstić information content (AvgIpc) is 3.02. The van der Waals surface area contributed by atoms with Crippen molar-refractivity contribution in [2.45, 2.75) is 44.2 Å². The van der Waals surface area contributed by atoms with Gasteiger partial charge in [-0.1, -0.05) is 6.42 Å². The minimum atomic E-state index is 0.0308. The van der Waals surface area contributed by atoms with Crippen LogP contribution in [-0.4, -0.2) is 51.2 Å². The summed E-state index contributed by atoms with van der Waals surface area (Å²) in [4.78, 5) is 18.5. The fourth-order valence-electron chi connectivity index (χ4n) is 3.06. The van der Waals surface area contributed by atoms with Crippen LogP contribution in [0.3, 0.4) is 0 Å². The normalized spacial score (nSPS) is 28.3. The summed E-state index contributed by atoms with van der Waals surface area (Å²) in [5.74, 6) is 0.268. The summed E-state index contributed by atoms with van der Waals surface area (Å²) in [5, 5.41) is 7.54. The van der Waals surface area contributed by atoms with Gasteiger partial charge < -0.3 is 10.2 Å². The van der Waals surface area contributed by atoms with Crippen molar-refractivity contribution in [3.8, 4) is 0 Å². The van der Waals surface area contributed by atoms with E-state index in [2.05, 4.69) is 15.4 Å². The lowest BCUT2D eigenvalue weighted by atomic mass is 10.0. The molecule has 2 aliphatic heterocycles. The number of nitrogens with one attached hydrogen (secondary N) is 1. The van der Waals surface area contributed by atoms with Crippen molar-refractivity contribution < 1.29 is 4.79 Å². The number of hydrogen-bond donors (Lipinski definition) is 1. The smallest absolute Gasteiger partial charge is 0.239 e. The van der Waals surface area contributed by atoms with E-state index in [0.29, 0.717) is 0 Å². The minimum absolute atomic E-state index is 0.0308. The number of nitrogens with zero attached hydrogens (tertiary/aromatic N) is 4. The van der Waals surface area contributed by atoms with Gasteiger partial charge in [0.2, 0.25) is 5.91 Å². The molecule has 2 aliphatic rings. The molecule has 0 bridgehead atoms. The first kappa shape index (κ1) is 12.6. The Bertz CT molecular complexity index is 413. The van der Waals surface area contributed by atoms with Crippen molar-refractivity contribution in [3.63, 3.8) is 0 Å². The molecule has 3 rings (SSSR count). The molecule has 6 nitrogen and oxygen atoms in total. The molecule has 104 valence electrons. The second-order valence-corrected chi connectivity index (χ2v) is 5.46. The molecule has 1 amide bonds. The Kier molecular flexibility index (Phi) is 3.77. The highest BCUT2D eigenvalue weighted by molar-refractivity contribution is 5.82. The molecule has 1 aromatic heterocycles. The number of hydrogen-bond acceptors (Lipinski definition) is 4. The highest BCUT2D eigenvalue weighted by Gasteiger charge is 2.30. The summed E-state index contributed by atoms with van der Waals surface area (Å²) in [6.07, 6.45) is 8.74. The molecular weight excluding hydrogens is 242 g/mol. The Morgan fingerprint density at radius 3 is 2.95 bits per heavy atom. The van der Waals surface area contributed by atoms with Gasteiger partial charge in [-0.2, -0.15) is 5.10 Å². The second kappa shape index (κ2) is 5.69. The molecule has 0 spiro atoms. The van der Waals surface area contributed by atoms with Crippen molar-refractivity contribution in [3.05, 3.63) is 12.7 Å². The molecule has 0 aromatic carbocycles. The Morgan fingerprint density at radius 2 is 2.21 bits per heavy atom. The van der Waals surface area contributed by atoms with E-state index in [1.54, 1.807) is 12.7 Å². The van der Waals surface area contributed by atoms with E-state index < -0.39 is 0 Å². The molecule has 19 heavy (non-hydrogen) atoms. The molecule has 0 saturated carbocycles. The predicted molar refractivity (Wildman–Crippen MR) is 70.5 cm³/mol. The molecule has 0 radical (unpaired) electrons. The van der Waals surface area contributed by atoms with Crippen LogP contribution in [0, 0.1) is 0 Å². The largest absolute Gasteiger partial charge is 0.339 e. The lowest BCUT2D eigenvalue weighted by Gasteiger charge is -2.36. The number of carbonyl (C=O) groups is 1. The molecular formula is C13H21N5O. The summed E-state index contributed by atoms with van der Waals surface area (Å²) in [6, 6.07) is 0.312. The Labute approximate surface area is 113 Å². The van der Waals surface area contributed by atoms with Crippen molar-refractivity contribution >= 4 is 5.91 Å². The molecule has 2 unspecified atom stereocenters. The van der Waals surface area contributed by atoms with E-state index in [4.69, 9.17) is 0 Å². The monoisotopic (exact) mass is 263 g/mol. The molecule has 2 atom stereocenters. The Balaban J connectivity index is 1.62. The van der Waals surface area contributed by atoms with Crippen molar-refractivity contribution in [2.75, 3.05) is 19.6 Å². The lowest BCUT2D eigenvalue weighted by molar-refractivity contribution is -0.135. The van der Waals surface area contributed by atoms with Gasteiger partial charge in [0.1, 0.15) is 12.7 Å². The van der Waals surface area contributed by atoms with E-state index in [9.17, 15) is 4.79 Å². The molecule has 6 heteroatoms. The summed E-state index contributed by atoms with van der Waals surface area (Å²) in [5.41, 5.74) is 0. The molecule has 1 aromatic rings. The summed E-state index contributed by atoms with van der Waals surface area (Å²) in [7, 11) is 0. The van der Waals surface area contributed by atoms with Gasteiger partial charge >= 0.3 is 0 Å². The maximum atomic E-state index is 12.5. The SMILES string of the molecule is O=C(C1CCCCN1)N1CCCC(n2cncn2)C1. The van der Waals surface area contributed by atoms with Crippen LogP contribution in [0.2, 0.25) is 0 Å². The zero-order valence-corrected chi connectivity index (χ0v) is 11.2. The van der Waals surface area contributed by atoms with Gasteiger partial charge in [0.15, 0.2) is 0 Å². The molecule has 0 aliphatic carbocycles. The van der Waals surface area contributed by atoms with E-state index in [0.717, 1.165) is 45.3 Å². The fourth-order valence-corrected chi connectivity index (χ4v) is 3.06. The van der Waals surface area contributed by atoms with E-state index in [1.807, 2.05) is 9.58 Å². The van der Waals surface area contributed by atoms with Crippen LogP contribution in [0.5, 0.6) is 0 Å².